The lowest BCUT2D eigenvalue weighted by molar-refractivity contribution is -0.318. The van der Waals surface area contributed by atoms with Gasteiger partial charge in [0.05, 0.1) is 47.6 Å². The summed E-state index contributed by atoms with van der Waals surface area (Å²) >= 11 is 0. The summed E-state index contributed by atoms with van der Waals surface area (Å²) in [6.07, 6.45) is -5.95. The molecule has 55 heavy (non-hydrogen) atoms. The highest BCUT2D eigenvalue weighted by atomic mass is 16.7. The Morgan fingerprint density at radius 3 is 2.22 bits per heavy atom. The number of fused-ring (bicyclic) bond motifs is 2. The normalized spacial score (nSPS) is 50.8. The number of hydrogen-bond acceptors (Lipinski definition) is 14. The number of aliphatic hydroxyl groups is 4. The number of morpholine rings is 1. The molecule has 4 saturated heterocycles. The van der Waals surface area contributed by atoms with Crippen molar-refractivity contribution >= 4 is 5.97 Å². The Morgan fingerprint density at radius 2 is 1.64 bits per heavy atom. The molecule has 0 aliphatic carbocycles. The van der Waals surface area contributed by atoms with Crippen LogP contribution in [0.15, 0.2) is 12.7 Å². The third kappa shape index (κ3) is 10.1. The number of cyclic esters (lactones) is 1. The molecule has 20 atom stereocenters. The molecule has 0 radical (unpaired) electrons. The summed E-state index contributed by atoms with van der Waals surface area (Å²) < 4.78 is 44.5. The maximum atomic E-state index is 14.4. The summed E-state index contributed by atoms with van der Waals surface area (Å²) in [7, 11) is 5.32. The van der Waals surface area contributed by atoms with Gasteiger partial charge in [-0.3, -0.25) is 9.69 Å². The molecule has 4 aliphatic heterocycles. The Bertz CT molecular complexity index is 1270. The summed E-state index contributed by atoms with van der Waals surface area (Å²) in [4.78, 5) is 18.6. The predicted octanol–water partition coefficient (Wildman–Crippen LogP) is 2.86. The first kappa shape index (κ1) is 46.4. The second kappa shape index (κ2) is 18.3. The van der Waals surface area contributed by atoms with Crippen LogP contribution in [0.2, 0.25) is 0 Å². The average Bonchev–Trinajstić information content (AvgIpc) is 3.10. The van der Waals surface area contributed by atoms with Crippen molar-refractivity contribution in [2.24, 2.45) is 17.8 Å². The predicted molar refractivity (Wildman–Crippen MR) is 206 cm³/mol. The highest BCUT2D eigenvalue weighted by Gasteiger charge is 2.54. The summed E-state index contributed by atoms with van der Waals surface area (Å²) in [5.41, 5.74) is -4.13. The van der Waals surface area contributed by atoms with Crippen LogP contribution in [-0.4, -0.2) is 167 Å². The van der Waals surface area contributed by atoms with Gasteiger partial charge in [-0.1, -0.05) is 26.8 Å². The van der Waals surface area contributed by atoms with Gasteiger partial charge in [0.1, 0.15) is 30.0 Å². The highest BCUT2D eigenvalue weighted by Crippen LogP contribution is 2.41. The fraction of sp³-hybridized carbons (Fsp3) is 0.927. The fourth-order valence-corrected chi connectivity index (χ4v) is 9.67. The van der Waals surface area contributed by atoms with Crippen LogP contribution in [0.3, 0.4) is 0 Å². The molecule has 320 valence electrons. The number of rotatable bonds is 8. The third-order valence-corrected chi connectivity index (χ3v) is 13.0. The molecular formula is C41H74N2O12. The summed E-state index contributed by atoms with van der Waals surface area (Å²) in [5.74, 6) is -2.42. The molecule has 14 heteroatoms. The SMILES string of the molecule is C=CC1CN2C[C@@H](C)C[C@@](C)(O)[C@@H](O[C@H]3O[C@H](C)C[C@H](N(C)C)[C@H]3O)[C@H](C)[C@@H](O[C@H]3C[C@@](C)(OC)[C@@H](O)[C@H](C)O3)[C@@H](C)C(=O)O[C@@H](CC)[C@@](C)(O)[C@@H](O1)[C@H]2C. The second-order valence-electron chi connectivity index (χ2n) is 18.1. The van der Waals surface area contributed by atoms with Crippen molar-refractivity contribution in [3.63, 3.8) is 0 Å². The van der Waals surface area contributed by atoms with Crippen molar-refractivity contribution in [2.45, 2.75) is 191 Å². The maximum absolute atomic E-state index is 14.4. The number of likely N-dealkylation sites (N-methyl/N-ethyl adjacent to an activating group) is 1. The molecule has 0 spiro atoms. The lowest BCUT2D eigenvalue weighted by Crippen LogP contribution is -2.65. The van der Waals surface area contributed by atoms with Crippen molar-refractivity contribution < 1.29 is 58.4 Å². The number of hydrogen-bond donors (Lipinski definition) is 4. The minimum Gasteiger partial charge on any atom is -0.459 e. The van der Waals surface area contributed by atoms with Gasteiger partial charge in [-0.05, 0) is 87.7 Å². The van der Waals surface area contributed by atoms with Crippen LogP contribution in [0.5, 0.6) is 0 Å². The highest BCUT2D eigenvalue weighted by molar-refractivity contribution is 5.73. The molecule has 4 aliphatic rings. The van der Waals surface area contributed by atoms with Crippen LogP contribution in [0.4, 0.5) is 0 Å². The first-order valence-corrected chi connectivity index (χ1v) is 20.4. The van der Waals surface area contributed by atoms with E-state index in [1.807, 2.05) is 46.7 Å². The van der Waals surface area contributed by atoms with Gasteiger partial charge in [-0.2, -0.15) is 0 Å². The first-order chi connectivity index (χ1) is 25.5. The second-order valence-corrected chi connectivity index (χ2v) is 18.1. The lowest BCUT2D eigenvalue weighted by Gasteiger charge is -2.50. The molecule has 0 aromatic heterocycles. The van der Waals surface area contributed by atoms with E-state index >= 15 is 0 Å². The van der Waals surface area contributed by atoms with Crippen LogP contribution in [-0.2, 0) is 38.0 Å². The number of esters is 1. The third-order valence-electron chi connectivity index (χ3n) is 13.0. The van der Waals surface area contributed by atoms with E-state index in [9.17, 15) is 25.2 Å². The Balaban J connectivity index is 1.84. The zero-order valence-electron chi connectivity index (χ0n) is 35.7. The molecule has 14 nitrogen and oxygen atoms in total. The van der Waals surface area contributed by atoms with Crippen LogP contribution < -0.4 is 0 Å². The number of methoxy groups -OCH3 is 1. The Kier molecular flexibility index (Phi) is 15.5. The van der Waals surface area contributed by atoms with Crippen molar-refractivity contribution in [2.75, 3.05) is 34.3 Å². The standard InChI is InChI=1S/C41H74N2O12/c1-15-28-21-43-20-22(3)18-39(9,47)35(55-38-32(44)29(42(12)13)17-23(4)50-38)24(5)33(54-31-19-40(10,49-14)34(45)27(8)51-31)25(6)37(46)53-30(16-2)41(11,48)36(52-28)26(43)7/h15,22-36,38,44-45,47-48H,1,16-21H2,2-14H3/t22-,23+,24+,25+,26+,27-,28?,29-,30-,31-,32+,33+,34-,35-,36-,38+,39+,40+,41+/m0/s1. The average molecular weight is 787 g/mol. The first-order valence-electron chi connectivity index (χ1n) is 20.4. The van der Waals surface area contributed by atoms with Crippen LogP contribution >= 0.6 is 0 Å². The monoisotopic (exact) mass is 787 g/mol. The molecule has 2 unspecified atom stereocenters. The maximum Gasteiger partial charge on any atom is 0.311 e. The number of carbonyl (C=O) groups is 1. The number of carbonyl (C=O) groups excluding carboxylic acids is 1. The van der Waals surface area contributed by atoms with Crippen LogP contribution in [0.25, 0.3) is 0 Å². The molecular weight excluding hydrogens is 712 g/mol. The molecule has 4 N–H and O–H groups in total. The van der Waals surface area contributed by atoms with E-state index in [0.29, 0.717) is 25.9 Å². The van der Waals surface area contributed by atoms with E-state index in [0.717, 1.165) is 0 Å². The zero-order chi connectivity index (χ0) is 41.4. The van der Waals surface area contributed by atoms with Crippen molar-refractivity contribution in [1.29, 1.82) is 0 Å². The lowest BCUT2D eigenvalue weighted by atomic mass is 9.77. The molecule has 0 aromatic carbocycles. The van der Waals surface area contributed by atoms with Gasteiger partial charge in [0.2, 0.25) is 0 Å². The van der Waals surface area contributed by atoms with Gasteiger partial charge in [-0.25, -0.2) is 0 Å². The Hall–Kier alpha value is -1.27. The fourth-order valence-electron chi connectivity index (χ4n) is 9.67. The summed E-state index contributed by atoms with van der Waals surface area (Å²) in [6, 6.07) is -0.541. The van der Waals surface area contributed by atoms with Crippen LogP contribution in [0, 0.1) is 17.8 Å². The van der Waals surface area contributed by atoms with Crippen molar-refractivity contribution in [3.8, 4) is 0 Å². The number of ether oxygens (including phenoxy) is 7. The van der Waals surface area contributed by atoms with Gasteiger partial charge < -0.3 is 58.5 Å². The largest absolute Gasteiger partial charge is 0.459 e. The Labute approximate surface area is 329 Å². The minimum atomic E-state index is -1.58. The van der Waals surface area contributed by atoms with Gasteiger partial charge >= 0.3 is 5.97 Å². The smallest absolute Gasteiger partial charge is 0.311 e. The molecule has 0 saturated carbocycles. The van der Waals surface area contributed by atoms with Crippen LogP contribution in [0.1, 0.15) is 94.9 Å². The molecule has 2 bridgehead atoms. The molecule has 0 aromatic rings. The number of nitrogens with zero attached hydrogens (tertiary/aromatic N) is 2. The van der Waals surface area contributed by atoms with Crippen molar-refractivity contribution in [1.82, 2.24) is 9.80 Å². The molecule has 4 heterocycles. The van der Waals surface area contributed by atoms with Crippen molar-refractivity contribution in [3.05, 3.63) is 12.7 Å². The van der Waals surface area contributed by atoms with Gasteiger partial charge in [-0.15, -0.1) is 6.58 Å². The topological polar surface area (TPSA) is 169 Å². The van der Waals surface area contributed by atoms with E-state index < -0.39 is 89.9 Å². The van der Waals surface area contributed by atoms with E-state index in [2.05, 4.69) is 18.4 Å². The molecule has 0 amide bonds. The Morgan fingerprint density at radius 1 is 0.982 bits per heavy atom. The van der Waals surface area contributed by atoms with E-state index in [1.54, 1.807) is 40.7 Å². The summed E-state index contributed by atoms with van der Waals surface area (Å²) in [6.45, 7) is 23.4. The summed E-state index contributed by atoms with van der Waals surface area (Å²) in [5, 5.41) is 47.5. The number of aliphatic hydroxyl groups excluding tert-OH is 2. The van der Waals surface area contributed by atoms with E-state index in [-0.39, 0.29) is 43.1 Å². The van der Waals surface area contributed by atoms with Gasteiger partial charge in [0, 0.05) is 44.6 Å². The molecule has 4 rings (SSSR count). The van der Waals surface area contributed by atoms with E-state index in [4.69, 9.17) is 33.2 Å². The van der Waals surface area contributed by atoms with Gasteiger partial charge in [0.25, 0.3) is 0 Å². The quantitative estimate of drug-likeness (QED) is 0.209. The van der Waals surface area contributed by atoms with Gasteiger partial charge in [0.15, 0.2) is 12.6 Å². The zero-order valence-corrected chi connectivity index (χ0v) is 35.7. The van der Waals surface area contributed by atoms with E-state index in [1.165, 1.54) is 7.11 Å². The molecule has 4 fully saturated rings. The minimum absolute atomic E-state index is 0.0937.